The average molecular weight is 602 g/mol. The number of aliphatic hydroxyl groups excluding tert-OH is 2. The topological polar surface area (TPSA) is 78.3 Å². The molecular weight excluding hydrogens is 559 g/mol. The lowest BCUT2D eigenvalue weighted by atomic mass is 9.74. The first kappa shape index (κ1) is 31.7. The Kier molecular flexibility index (Phi) is 10.6. The summed E-state index contributed by atoms with van der Waals surface area (Å²) in [6, 6.07) is 7.16. The zero-order valence-corrected chi connectivity index (χ0v) is 24.8. The number of fused-ring (bicyclic) bond motifs is 1. The molecule has 1 atom stereocenters. The zero-order chi connectivity index (χ0) is 30.4. The molecule has 1 aromatic heterocycles. The maximum atomic E-state index is 14.0. The molecule has 2 aromatic carbocycles. The van der Waals surface area contributed by atoms with E-state index in [4.69, 9.17) is 9.47 Å². The number of halogens is 3. The molecule has 43 heavy (non-hydrogen) atoms. The number of morpholine rings is 1. The second-order valence-electron chi connectivity index (χ2n) is 12.0. The van der Waals surface area contributed by atoms with E-state index in [0.29, 0.717) is 51.3 Å². The van der Waals surface area contributed by atoms with Crippen LogP contribution in [0.4, 0.5) is 13.2 Å². The lowest BCUT2D eigenvalue weighted by Gasteiger charge is -2.41. The summed E-state index contributed by atoms with van der Waals surface area (Å²) in [5.74, 6) is -1.90. The van der Waals surface area contributed by atoms with Crippen LogP contribution in [0.25, 0.3) is 10.9 Å². The summed E-state index contributed by atoms with van der Waals surface area (Å²) >= 11 is 0. The van der Waals surface area contributed by atoms with Gasteiger partial charge in [0.15, 0.2) is 0 Å². The Hall–Kier alpha value is -2.76. The van der Waals surface area contributed by atoms with Crippen LogP contribution in [0.5, 0.6) is 5.75 Å². The lowest BCUT2D eigenvalue weighted by molar-refractivity contribution is 0.0227. The molecule has 5 rings (SSSR count). The molecule has 3 aromatic rings. The molecule has 2 aliphatic heterocycles. The van der Waals surface area contributed by atoms with Crippen molar-refractivity contribution >= 4 is 10.9 Å². The van der Waals surface area contributed by atoms with Crippen LogP contribution in [-0.2, 0) is 17.7 Å². The van der Waals surface area contributed by atoms with Crippen molar-refractivity contribution in [1.29, 1.82) is 0 Å². The van der Waals surface area contributed by atoms with Crippen molar-refractivity contribution in [2.75, 3.05) is 59.7 Å². The minimum atomic E-state index is -0.912. The van der Waals surface area contributed by atoms with Crippen molar-refractivity contribution in [3.8, 4) is 5.75 Å². The van der Waals surface area contributed by atoms with E-state index in [9.17, 15) is 23.4 Å². The Labute approximate surface area is 251 Å². The predicted octanol–water partition coefficient (Wildman–Crippen LogP) is 5.01. The van der Waals surface area contributed by atoms with Crippen LogP contribution in [0.3, 0.4) is 0 Å². The molecule has 7 nitrogen and oxygen atoms in total. The number of pyridine rings is 1. The van der Waals surface area contributed by atoms with E-state index >= 15 is 0 Å². The van der Waals surface area contributed by atoms with E-state index in [-0.39, 0.29) is 24.0 Å². The highest BCUT2D eigenvalue weighted by Crippen LogP contribution is 2.40. The van der Waals surface area contributed by atoms with Gasteiger partial charge in [0.05, 0.1) is 31.9 Å². The first-order valence-corrected chi connectivity index (χ1v) is 15.2. The Morgan fingerprint density at radius 1 is 1.02 bits per heavy atom. The summed E-state index contributed by atoms with van der Waals surface area (Å²) in [5, 5.41) is 23.0. The number of nitrogens with zero attached hydrogens (tertiary/aromatic N) is 3. The standard InChI is InChI=1S/C33H42F3N3O4/c1-42-25-4-5-30-27(19-25)32(23(20-37-30)21-39-13-15-43-16-14-39)31(41)6-7-33(22-40)8-11-38(12-9-33)10-2-3-26-28(35)17-24(34)18-29(26)36/h4-5,17-20,31,40-41H,2-3,6-16,21-22H2,1H3/t31-/m0/s1. The lowest BCUT2D eigenvalue weighted by Crippen LogP contribution is -2.42. The van der Waals surface area contributed by atoms with Crippen molar-refractivity contribution in [2.24, 2.45) is 5.41 Å². The van der Waals surface area contributed by atoms with Crippen molar-refractivity contribution in [3.05, 3.63) is 70.7 Å². The average Bonchev–Trinajstić information content (AvgIpc) is 3.02. The van der Waals surface area contributed by atoms with Gasteiger partial charge >= 0.3 is 0 Å². The Balaban J connectivity index is 1.22. The number of hydrogen-bond donors (Lipinski definition) is 2. The number of aliphatic hydroxyl groups is 2. The van der Waals surface area contributed by atoms with Gasteiger partial charge < -0.3 is 24.6 Å². The first-order chi connectivity index (χ1) is 20.8. The maximum Gasteiger partial charge on any atom is 0.132 e. The normalized spacial score (nSPS) is 18.7. The molecule has 0 bridgehead atoms. The predicted molar refractivity (Wildman–Crippen MR) is 158 cm³/mol. The summed E-state index contributed by atoms with van der Waals surface area (Å²) in [4.78, 5) is 9.24. The second-order valence-corrected chi connectivity index (χ2v) is 12.0. The Morgan fingerprint density at radius 2 is 1.74 bits per heavy atom. The number of ether oxygens (including phenoxy) is 2. The van der Waals surface area contributed by atoms with Crippen LogP contribution >= 0.6 is 0 Å². The molecular formula is C33H42F3N3O4. The van der Waals surface area contributed by atoms with Gasteiger partial charge in [-0.15, -0.1) is 0 Å². The molecule has 2 aliphatic rings. The molecule has 234 valence electrons. The zero-order valence-electron chi connectivity index (χ0n) is 24.8. The summed E-state index contributed by atoms with van der Waals surface area (Å²) < 4.78 is 52.2. The fourth-order valence-corrected chi connectivity index (χ4v) is 6.50. The number of piperidine rings is 1. The van der Waals surface area contributed by atoms with Crippen molar-refractivity contribution in [2.45, 2.75) is 51.2 Å². The van der Waals surface area contributed by atoms with Crippen molar-refractivity contribution in [3.63, 3.8) is 0 Å². The third kappa shape index (κ3) is 7.67. The summed E-state index contributed by atoms with van der Waals surface area (Å²) in [7, 11) is 1.62. The Bertz CT molecular complexity index is 1350. The molecule has 0 unspecified atom stereocenters. The van der Waals surface area contributed by atoms with Crippen LogP contribution < -0.4 is 4.74 Å². The van der Waals surface area contributed by atoms with Crippen molar-refractivity contribution in [1.82, 2.24) is 14.8 Å². The van der Waals surface area contributed by atoms with Crippen LogP contribution in [0.15, 0.2) is 36.5 Å². The first-order valence-electron chi connectivity index (χ1n) is 15.2. The minimum absolute atomic E-state index is 0.0328. The quantitative estimate of drug-likeness (QED) is 0.302. The smallest absolute Gasteiger partial charge is 0.132 e. The highest BCUT2D eigenvalue weighted by molar-refractivity contribution is 5.85. The highest BCUT2D eigenvalue weighted by Gasteiger charge is 2.35. The highest BCUT2D eigenvalue weighted by atomic mass is 19.1. The van der Waals surface area contributed by atoms with Gasteiger partial charge in [0.1, 0.15) is 23.2 Å². The number of likely N-dealkylation sites (tertiary alicyclic amines) is 1. The van der Waals surface area contributed by atoms with E-state index in [2.05, 4.69) is 14.8 Å². The molecule has 0 spiro atoms. The number of benzene rings is 2. The number of methoxy groups -OCH3 is 1. The van der Waals surface area contributed by atoms with Gasteiger partial charge in [-0.2, -0.15) is 0 Å². The van der Waals surface area contributed by atoms with Gasteiger partial charge in [-0.25, -0.2) is 13.2 Å². The van der Waals surface area contributed by atoms with Crippen LogP contribution in [0.1, 0.15) is 54.9 Å². The molecule has 2 N–H and O–H groups in total. The molecule has 2 fully saturated rings. The van der Waals surface area contributed by atoms with E-state index < -0.39 is 23.6 Å². The van der Waals surface area contributed by atoms with Crippen LogP contribution in [0, 0.1) is 22.9 Å². The molecule has 0 amide bonds. The van der Waals surface area contributed by atoms with E-state index in [1.807, 2.05) is 24.4 Å². The summed E-state index contributed by atoms with van der Waals surface area (Å²) in [6.07, 6.45) is 4.56. The number of aromatic nitrogens is 1. The third-order valence-corrected chi connectivity index (χ3v) is 9.24. The van der Waals surface area contributed by atoms with Gasteiger partial charge in [0.2, 0.25) is 0 Å². The third-order valence-electron chi connectivity index (χ3n) is 9.24. The summed E-state index contributed by atoms with van der Waals surface area (Å²) in [6.45, 7) is 5.88. The van der Waals surface area contributed by atoms with E-state index in [0.717, 1.165) is 73.2 Å². The monoisotopic (exact) mass is 601 g/mol. The summed E-state index contributed by atoms with van der Waals surface area (Å²) in [5.41, 5.74) is 2.26. The van der Waals surface area contributed by atoms with E-state index in [1.165, 1.54) is 0 Å². The molecule has 3 heterocycles. The molecule has 0 radical (unpaired) electrons. The van der Waals surface area contributed by atoms with E-state index in [1.54, 1.807) is 7.11 Å². The Morgan fingerprint density at radius 3 is 2.42 bits per heavy atom. The molecule has 0 saturated carbocycles. The van der Waals surface area contributed by atoms with Gasteiger partial charge in [0.25, 0.3) is 0 Å². The van der Waals surface area contributed by atoms with Gasteiger partial charge in [-0.1, -0.05) is 0 Å². The molecule has 0 aliphatic carbocycles. The van der Waals surface area contributed by atoms with Gasteiger partial charge in [-0.3, -0.25) is 9.88 Å². The largest absolute Gasteiger partial charge is 0.497 e. The van der Waals surface area contributed by atoms with Gasteiger partial charge in [-0.05, 0) is 92.9 Å². The van der Waals surface area contributed by atoms with Gasteiger partial charge in [0, 0.05) is 55.5 Å². The number of rotatable bonds is 12. The maximum absolute atomic E-state index is 14.0. The van der Waals surface area contributed by atoms with Crippen molar-refractivity contribution < 1.29 is 32.9 Å². The van der Waals surface area contributed by atoms with Crippen LogP contribution in [-0.4, -0.2) is 84.7 Å². The fourth-order valence-electron chi connectivity index (χ4n) is 6.50. The number of hydrogen-bond acceptors (Lipinski definition) is 7. The fraction of sp³-hybridized carbons (Fsp3) is 0.545. The van der Waals surface area contributed by atoms with Crippen LogP contribution in [0.2, 0.25) is 0 Å². The molecule has 2 saturated heterocycles. The molecule has 10 heteroatoms. The SMILES string of the molecule is COc1ccc2ncc(CN3CCOCC3)c([C@@H](O)CCC3(CO)CCN(CCCc4c(F)cc(F)cc4F)CC3)c2c1. The second kappa shape index (κ2) is 14.3. The minimum Gasteiger partial charge on any atom is -0.497 e.